The number of benzene rings is 1. The summed E-state index contributed by atoms with van der Waals surface area (Å²) in [6.07, 6.45) is 1.12. The molecule has 0 radical (unpaired) electrons. The lowest BCUT2D eigenvalue weighted by Crippen LogP contribution is -2.50. The van der Waals surface area contributed by atoms with Crippen LogP contribution < -0.4 is 5.73 Å². The first kappa shape index (κ1) is 16.7. The first-order valence-electron chi connectivity index (χ1n) is 6.04. The second kappa shape index (κ2) is 6.24. The molecule has 2 rings (SSSR count). The van der Waals surface area contributed by atoms with E-state index in [0.29, 0.717) is 23.7 Å². The van der Waals surface area contributed by atoms with Crippen LogP contribution in [0.5, 0.6) is 0 Å². The van der Waals surface area contributed by atoms with E-state index >= 15 is 0 Å². The molecule has 1 amide bonds. The van der Waals surface area contributed by atoms with Crippen molar-refractivity contribution in [1.82, 2.24) is 4.90 Å². The highest BCUT2D eigenvalue weighted by Crippen LogP contribution is 2.31. The maximum absolute atomic E-state index is 12.6. The van der Waals surface area contributed by atoms with E-state index in [2.05, 4.69) is 0 Å². The van der Waals surface area contributed by atoms with Crippen LogP contribution >= 0.6 is 35.0 Å². The molecule has 0 aliphatic carbocycles. The molecular formula is C12H14Cl2N2O3S2. The normalized spacial score (nSPS) is 19.6. The van der Waals surface area contributed by atoms with Gasteiger partial charge in [0, 0.05) is 30.0 Å². The van der Waals surface area contributed by atoms with Crippen molar-refractivity contribution in [1.29, 1.82) is 0 Å². The third-order valence-corrected chi connectivity index (χ3v) is 6.57. The largest absolute Gasteiger partial charge is 0.399 e. The number of nitrogens with two attached hydrogens (primary N) is 1. The molecular weight excluding hydrogens is 355 g/mol. The zero-order chi connectivity index (χ0) is 15.8. The molecule has 1 saturated heterocycles. The van der Waals surface area contributed by atoms with Gasteiger partial charge in [-0.3, -0.25) is 4.79 Å². The molecule has 0 bridgehead atoms. The molecule has 116 valence electrons. The summed E-state index contributed by atoms with van der Waals surface area (Å²) in [5.41, 5.74) is 6.11. The number of hydrogen-bond donors (Lipinski definition) is 1. The van der Waals surface area contributed by atoms with Gasteiger partial charge < -0.3 is 10.6 Å². The number of thioether (sulfide) groups is 1. The van der Waals surface area contributed by atoms with Crippen LogP contribution in [0.4, 0.5) is 5.69 Å². The number of rotatable bonds is 2. The Morgan fingerprint density at radius 2 is 2.10 bits per heavy atom. The van der Waals surface area contributed by atoms with Crippen molar-refractivity contribution in [3.63, 3.8) is 0 Å². The minimum atomic E-state index is -3.38. The van der Waals surface area contributed by atoms with Crippen LogP contribution in [0.3, 0.4) is 0 Å². The minimum Gasteiger partial charge on any atom is -0.399 e. The predicted molar refractivity (Wildman–Crippen MR) is 87.9 cm³/mol. The van der Waals surface area contributed by atoms with Gasteiger partial charge >= 0.3 is 0 Å². The van der Waals surface area contributed by atoms with Crippen LogP contribution in [-0.4, -0.2) is 48.9 Å². The van der Waals surface area contributed by atoms with Crippen molar-refractivity contribution in [2.24, 2.45) is 0 Å². The lowest BCUT2D eigenvalue weighted by atomic mass is 10.1. The van der Waals surface area contributed by atoms with Crippen LogP contribution in [0.1, 0.15) is 10.4 Å². The summed E-state index contributed by atoms with van der Waals surface area (Å²) in [4.78, 5) is 14.0. The lowest BCUT2D eigenvalue weighted by Gasteiger charge is -2.34. The van der Waals surface area contributed by atoms with E-state index in [-0.39, 0.29) is 15.6 Å². The fourth-order valence-corrected chi connectivity index (χ4v) is 5.32. The Labute approximate surface area is 137 Å². The van der Waals surface area contributed by atoms with Gasteiger partial charge in [-0.05, 0) is 12.1 Å². The van der Waals surface area contributed by atoms with Gasteiger partial charge in [0.05, 0.1) is 15.6 Å². The van der Waals surface area contributed by atoms with Crippen LogP contribution in [0, 0.1) is 0 Å². The molecule has 1 atom stereocenters. The molecule has 1 aliphatic rings. The number of nitrogens with zero attached hydrogens (tertiary/aromatic N) is 1. The summed E-state index contributed by atoms with van der Waals surface area (Å²) in [6.45, 7) is 0.337. The quantitative estimate of drug-likeness (QED) is 0.808. The van der Waals surface area contributed by atoms with E-state index in [0.717, 1.165) is 6.26 Å². The van der Waals surface area contributed by atoms with Gasteiger partial charge in [-0.2, -0.15) is 11.8 Å². The van der Waals surface area contributed by atoms with Crippen molar-refractivity contribution in [2.45, 2.75) is 5.37 Å². The molecule has 1 unspecified atom stereocenters. The van der Waals surface area contributed by atoms with E-state index in [1.165, 1.54) is 28.8 Å². The molecule has 9 heteroatoms. The Balaban J connectivity index is 2.43. The fourth-order valence-electron chi connectivity index (χ4n) is 2.09. The average Bonchev–Trinajstić information content (AvgIpc) is 2.41. The van der Waals surface area contributed by atoms with Crippen molar-refractivity contribution in [2.75, 3.05) is 30.0 Å². The zero-order valence-corrected chi connectivity index (χ0v) is 14.3. The first-order chi connectivity index (χ1) is 9.71. The van der Waals surface area contributed by atoms with E-state index in [1.807, 2.05) is 0 Å². The maximum Gasteiger partial charge on any atom is 0.256 e. The Morgan fingerprint density at radius 1 is 1.43 bits per heavy atom. The van der Waals surface area contributed by atoms with E-state index in [4.69, 9.17) is 28.9 Å². The second-order valence-corrected chi connectivity index (χ2v) is 8.86. The number of carbonyl (C=O) groups excluding carboxylic acids is 1. The summed E-state index contributed by atoms with van der Waals surface area (Å²) >= 11 is 13.5. The van der Waals surface area contributed by atoms with Crippen LogP contribution in [0.15, 0.2) is 12.1 Å². The highest BCUT2D eigenvalue weighted by atomic mass is 35.5. The summed E-state index contributed by atoms with van der Waals surface area (Å²) in [7, 11) is -3.38. The number of halogens is 2. The Morgan fingerprint density at radius 3 is 2.71 bits per heavy atom. The average molecular weight is 369 g/mol. The van der Waals surface area contributed by atoms with Gasteiger partial charge in [-0.1, -0.05) is 23.2 Å². The molecule has 1 aromatic rings. The van der Waals surface area contributed by atoms with Crippen LogP contribution in [0.2, 0.25) is 10.0 Å². The number of amides is 1. The predicted octanol–water partition coefficient (Wildman–Crippen LogP) is 2.14. The Kier molecular flexibility index (Phi) is 4.97. The lowest BCUT2D eigenvalue weighted by molar-refractivity contribution is 0.0750. The summed E-state index contributed by atoms with van der Waals surface area (Å²) < 4.78 is 23.7. The monoisotopic (exact) mass is 368 g/mol. The number of sulfone groups is 1. The highest BCUT2D eigenvalue weighted by molar-refractivity contribution is 8.00. The molecule has 2 N–H and O–H groups in total. The fraction of sp³-hybridized carbons (Fsp3) is 0.417. The summed E-state index contributed by atoms with van der Waals surface area (Å²) in [5, 5.41) is -0.608. The van der Waals surface area contributed by atoms with Crippen molar-refractivity contribution in [3.8, 4) is 0 Å². The van der Waals surface area contributed by atoms with Gasteiger partial charge in [-0.25, -0.2) is 8.42 Å². The minimum absolute atomic E-state index is 0.0846. The Hall–Kier alpha value is -0.630. The second-order valence-electron chi connectivity index (χ2n) is 4.72. The molecule has 0 aromatic heterocycles. The first-order valence-corrected chi connectivity index (χ1v) is 9.90. The van der Waals surface area contributed by atoms with Crippen molar-refractivity contribution < 1.29 is 13.2 Å². The standard InChI is InChI=1S/C12H14Cl2N2O3S2/c1-21(18,19)10-6-20-3-2-16(10)12(17)8-4-7(15)5-9(13)11(8)14/h4-5,10H,2-3,6,15H2,1H3. The molecule has 0 spiro atoms. The van der Waals surface area contributed by atoms with Crippen LogP contribution in [-0.2, 0) is 9.84 Å². The number of nitrogen functional groups attached to an aromatic ring is 1. The van der Waals surface area contributed by atoms with Gasteiger partial charge in [0.25, 0.3) is 5.91 Å². The highest BCUT2D eigenvalue weighted by Gasteiger charge is 2.35. The third-order valence-electron chi connectivity index (χ3n) is 3.12. The van der Waals surface area contributed by atoms with Gasteiger partial charge in [0.1, 0.15) is 5.37 Å². The van der Waals surface area contributed by atoms with Crippen LogP contribution in [0.25, 0.3) is 0 Å². The topological polar surface area (TPSA) is 80.5 Å². The number of carbonyl (C=O) groups is 1. The maximum atomic E-state index is 12.6. The van der Waals surface area contributed by atoms with Crippen molar-refractivity contribution in [3.05, 3.63) is 27.7 Å². The molecule has 21 heavy (non-hydrogen) atoms. The summed E-state index contributed by atoms with van der Waals surface area (Å²) in [6, 6.07) is 2.86. The molecule has 5 nitrogen and oxygen atoms in total. The van der Waals surface area contributed by atoms with E-state index in [9.17, 15) is 13.2 Å². The molecule has 1 aliphatic heterocycles. The van der Waals surface area contributed by atoms with Gasteiger partial charge in [-0.15, -0.1) is 0 Å². The molecule has 1 heterocycles. The zero-order valence-electron chi connectivity index (χ0n) is 11.2. The van der Waals surface area contributed by atoms with Gasteiger partial charge in [0.15, 0.2) is 9.84 Å². The van der Waals surface area contributed by atoms with E-state index in [1.54, 1.807) is 0 Å². The van der Waals surface area contributed by atoms with Gasteiger partial charge in [0.2, 0.25) is 0 Å². The number of hydrogen-bond acceptors (Lipinski definition) is 5. The Bertz CT molecular complexity index is 679. The smallest absolute Gasteiger partial charge is 0.256 e. The van der Waals surface area contributed by atoms with Crippen molar-refractivity contribution >= 4 is 56.4 Å². The summed E-state index contributed by atoms with van der Waals surface area (Å²) in [5.74, 6) is 0.550. The number of anilines is 1. The molecule has 0 saturated carbocycles. The third kappa shape index (κ3) is 3.59. The molecule has 1 fully saturated rings. The molecule has 1 aromatic carbocycles. The van der Waals surface area contributed by atoms with E-state index < -0.39 is 21.1 Å². The SMILES string of the molecule is CS(=O)(=O)C1CSCCN1C(=O)c1cc(N)cc(Cl)c1Cl.